The van der Waals surface area contributed by atoms with E-state index in [-0.39, 0.29) is 0 Å². The van der Waals surface area contributed by atoms with Crippen molar-refractivity contribution in [3.05, 3.63) is 24.4 Å². The molecule has 87 valence electrons. The van der Waals surface area contributed by atoms with E-state index in [0.29, 0.717) is 12.5 Å². The van der Waals surface area contributed by atoms with Crippen molar-refractivity contribution in [2.75, 3.05) is 39.5 Å². The van der Waals surface area contributed by atoms with Crippen LogP contribution in [-0.2, 0) is 4.74 Å². The van der Waals surface area contributed by atoms with E-state index in [1.54, 1.807) is 18.3 Å². The Bertz CT molecular complexity index is 286. The van der Waals surface area contributed by atoms with Crippen LogP contribution in [-0.4, -0.2) is 49.3 Å². The Balaban J connectivity index is 1.58. The summed E-state index contributed by atoms with van der Waals surface area (Å²) in [4.78, 5) is 6.48. The third-order valence-corrected chi connectivity index (χ3v) is 2.55. The average Bonchev–Trinajstić information content (AvgIpc) is 2.37. The Kier molecular flexibility index (Phi) is 4.58. The predicted octanol–water partition coefficient (Wildman–Crippen LogP) is 0.983. The Hall–Kier alpha value is -1.13. The summed E-state index contributed by atoms with van der Waals surface area (Å²) in [5, 5.41) is 0. The molecule has 1 saturated heterocycles. The third kappa shape index (κ3) is 3.79. The molecule has 1 aromatic heterocycles. The van der Waals surface area contributed by atoms with Gasteiger partial charge in [-0.3, -0.25) is 4.90 Å². The van der Waals surface area contributed by atoms with Crippen molar-refractivity contribution in [1.29, 1.82) is 0 Å². The molecule has 0 amide bonds. The van der Waals surface area contributed by atoms with E-state index in [2.05, 4.69) is 16.0 Å². The molecule has 0 spiro atoms. The summed E-state index contributed by atoms with van der Waals surface area (Å²) < 4.78 is 10.8. The molecule has 1 aliphatic rings. The van der Waals surface area contributed by atoms with Crippen molar-refractivity contribution in [3.8, 4) is 5.88 Å². The van der Waals surface area contributed by atoms with Crippen LogP contribution in [0.2, 0.25) is 0 Å². The fourth-order valence-corrected chi connectivity index (χ4v) is 1.68. The van der Waals surface area contributed by atoms with E-state index in [9.17, 15) is 0 Å². The van der Waals surface area contributed by atoms with Crippen molar-refractivity contribution in [1.82, 2.24) is 9.88 Å². The van der Waals surface area contributed by atoms with Gasteiger partial charge in [-0.2, -0.15) is 0 Å². The van der Waals surface area contributed by atoms with Crippen LogP contribution in [0.25, 0.3) is 0 Å². The topological polar surface area (TPSA) is 34.6 Å². The molecule has 0 saturated carbocycles. The largest absolute Gasteiger partial charge is 0.478 e. The molecule has 16 heavy (non-hydrogen) atoms. The fraction of sp³-hybridized carbons (Fsp3) is 0.583. The SMILES string of the molecule is [c]1ccnc(OCCCN2CCOCC2)c1. The van der Waals surface area contributed by atoms with Crippen LogP contribution in [0.4, 0.5) is 0 Å². The highest BCUT2D eigenvalue weighted by Gasteiger charge is 2.09. The number of hydrogen-bond donors (Lipinski definition) is 0. The minimum absolute atomic E-state index is 0.657. The highest BCUT2D eigenvalue weighted by Crippen LogP contribution is 2.04. The van der Waals surface area contributed by atoms with Crippen LogP contribution in [0.5, 0.6) is 5.88 Å². The second-order valence-electron chi connectivity index (χ2n) is 3.75. The molecule has 4 heteroatoms. The molecule has 0 atom stereocenters. The van der Waals surface area contributed by atoms with Gasteiger partial charge >= 0.3 is 0 Å². The molecule has 0 aromatic carbocycles. The molecule has 0 N–H and O–H groups in total. The quantitative estimate of drug-likeness (QED) is 0.694. The molecule has 1 aliphatic heterocycles. The summed E-state index contributed by atoms with van der Waals surface area (Å²) in [6, 6.07) is 6.46. The first kappa shape index (κ1) is 11.4. The molecule has 1 radical (unpaired) electrons. The van der Waals surface area contributed by atoms with Crippen molar-refractivity contribution in [2.45, 2.75) is 6.42 Å². The summed E-state index contributed by atoms with van der Waals surface area (Å²) in [6.45, 7) is 5.57. The zero-order valence-corrected chi connectivity index (χ0v) is 9.39. The van der Waals surface area contributed by atoms with Gasteiger partial charge in [-0.1, -0.05) is 0 Å². The van der Waals surface area contributed by atoms with Gasteiger partial charge in [0.15, 0.2) is 0 Å². The molecule has 4 nitrogen and oxygen atoms in total. The number of hydrogen-bond acceptors (Lipinski definition) is 4. The molecule has 0 aliphatic carbocycles. The number of morpholine rings is 1. The van der Waals surface area contributed by atoms with Gasteiger partial charge in [-0.25, -0.2) is 4.98 Å². The zero-order chi connectivity index (χ0) is 11.1. The van der Waals surface area contributed by atoms with Crippen LogP contribution >= 0.6 is 0 Å². The van der Waals surface area contributed by atoms with Crippen LogP contribution in [0, 0.1) is 6.07 Å². The lowest BCUT2D eigenvalue weighted by molar-refractivity contribution is 0.0357. The molecule has 0 bridgehead atoms. The molecular weight excluding hydrogens is 204 g/mol. The van der Waals surface area contributed by atoms with E-state index >= 15 is 0 Å². The monoisotopic (exact) mass is 221 g/mol. The normalized spacial score (nSPS) is 17.2. The van der Waals surface area contributed by atoms with E-state index in [1.165, 1.54) is 0 Å². The van der Waals surface area contributed by atoms with Gasteiger partial charge in [0.05, 0.1) is 19.8 Å². The second kappa shape index (κ2) is 6.45. The van der Waals surface area contributed by atoms with Crippen molar-refractivity contribution >= 4 is 0 Å². The number of ether oxygens (including phenoxy) is 2. The summed E-state index contributed by atoms with van der Waals surface area (Å²) in [7, 11) is 0. The minimum Gasteiger partial charge on any atom is -0.478 e. The maximum Gasteiger partial charge on any atom is 0.213 e. The first-order chi connectivity index (χ1) is 7.95. The van der Waals surface area contributed by atoms with E-state index in [4.69, 9.17) is 9.47 Å². The molecule has 1 fully saturated rings. The summed E-state index contributed by atoms with van der Waals surface area (Å²) in [6.07, 6.45) is 2.72. The molecule has 1 aromatic rings. The Labute approximate surface area is 96.2 Å². The van der Waals surface area contributed by atoms with Crippen LogP contribution < -0.4 is 4.74 Å². The highest BCUT2D eigenvalue weighted by atomic mass is 16.5. The van der Waals surface area contributed by atoms with Gasteiger partial charge in [0.25, 0.3) is 0 Å². The lowest BCUT2D eigenvalue weighted by Crippen LogP contribution is -2.37. The van der Waals surface area contributed by atoms with Gasteiger partial charge in [0.2, 0.25) is 5.88 Å². The summed E-state index contributed by atoms with van der Waals surface area (Å²) in [5.74, 6) is 0.657. The van der Waals surface area contributed by atoms with E-state index in [1.807, 2.05) is 0 Å². The molecule has 0 unspecified atom stereocenters. The van der Waals surface area contributed by atoms with Crippen LogP contribution in [0.3, 0.4) is 0 Å². The van der Waals surface area contributed by atoms with Crippen molar-refractivity contribution in [2.24, 2.45) is 0 Å². The van der Waals surface area contributed by atoms with Crippen molar-refractivity contribution < 1.29 is 9.47 Å². The Morgan fingerprint density at radius 3 is 3.06 bits per heavy atom. The average molecular weight is 221 g/mol. The first-order valence-corrected chi connectivity index (χ1v) is 5.70. The Morgan fingerprint density at radius 2 is 2.31 bits per heavy atom. The van der Waals surface area contributed by atoms with Gasteiger partial charge in [-0.15, -0.1) is 0 Å². The minimum atomic E-state index is 0.657. The number of pyridine rings is 1. The lowest BCUT2D eigenvalue weighted by atomic mass is 10.3. The fourth-order valence-electron chi connectivity index (χ4n) is 1.68. The third-order valence-electron chi connectivity index (χ3n) is 2.55. The first-order valence-electron chi connectivity index (χ1n) is 5.70. The van der Waals surface area contributed by atoms with Gasteiger partial charge < -0.3 is 9.47 Å². The molecule has 2 heterocycles. The number of nitrogens with zero attached hydrogens (tertiary/aromatic N) is 2. The maximum absolute atomic E-state index is 5.50. The standard InChI is InChI=1S/C12H17N2O2/c1-2-5-13-12(4-1)16-9-3-6-14-7-10-15-11-8-14/h2,4-5H,3,6-11H2. The maximum atomic E-state index is 5.50. The van der Waals surface area contributed by atoms with Crippen LogP contribution in [0.1, 0.15) is 6.42 Å². The molecule has 2 rings (SSSR count). The number of aromatic nitrogens is 1. The lowest BCUT2D eigenvalue weighted by Gasteiger charge is -2.26. The van der Waals surface area contributed by atoms with Gasteiger partial charge in [-0.05, 0) is 18.6 Å². The smallest absolute Gasteiger partial charge is 0.213 e. The second-order valence-corrected chi connectivity index (χ2v) is 3.75. The molecular formula is C12H17N2O2. The summed E-state index contributed by atoms with van der Waals surface area (Å²) in [5.41, 5.74) is 0. The van der Waals surface area contributed by atoms with Crippen molar-refractivity contribution in [3.63, 3.8) is 0 Å². The number of rotatable bonds is 5. The summed E-state index contributed by atoms with van der Waals surface area (Å²) >= 11 is 0. The van der Waals surface area contributed by atoms with Crippen LogP contribution in [0.15, 0.2) is 18.3 Å². The van der Waals surface area contributed by atoms with E-state index in [0.717, 1.165) is 39.3 Å². The van der Waals surface area contributed by atoms with Gasteiger partial charge in [0.1, 0.15) is 0 Å². The zero-order valence-electron chi connectivity index (χ0n) is 9.39. The van der Waals surface area contributed by atoms with Gasteiger partial charge in [0, 0.05) is 31.9 Å². The highest BCUT2D eigenvalue weighted by molar-refractivity contribution is 5.07. The van der Waals surface area contributed by atoms with E-state index < -0.39 is 0 Å². The Morgan fingerprint density at radius 1 is 1.44 bits per heavy atom. The predicted molar refractivity (Wildman–Crippen MR) is 60.4 cm³/mol.